The lowest BCUT2D eigenvalue weighted by Gasteiger charge is -2.25. The van der Waals surface area contributed by atoms with Crippen LogP contribution < -0.4 is 10.2 Å². The number of benzene rings is 2. The van der Waals surface area contributed by atoms with Gasteiger partial charge in [-0.15, -0.1) is 0 Å². The van der Waals surface area contributed by atoms with Crippen LogP contribution in [0.25, 0.3) is 11.4 Å². The molecular weight excluding hydrogens is 481 g/mol. The predicted octanol–water partition coefficient (Wildman–Crippen LogP) is 4.64. The van der Waals surface area contributed by atoms with Gasteiger partial charge in [-0.05, 0) is 49.2 Å². The third-order valence-electron chi connectivity index (χ3n) is 5.76. The number of hydrogen-bond acceptors (Lipinski definition) is 4. The Balaban J connectivity index is 1.56. The molecule has 182 valence electrons. The van der Waals surface area contributed by atoms with Crippen LogP contribution in [0.4, 0.5) is 18.9 Å². The van der Waals surface area contributed by atoms with E-state index in [1.807, 2.05) is 29.8 Å². The van der Waals surface area contributed by atoms with E-state index in [4.69, 9.17) is 17.1 Å². The smallest absolute Gasteiger partial charge is 0.308 e. The maximum Gasteiger partial charge on any atom is 0.406 e. The largest absolute Gasteiger partial charge is 0.406 e. The van der Waals surface area contributed by atoms with E-state index in [0.29, 0.717) is 34.7 Å². The molecule has 1 atom stereocenters. The number of hydrogen-bond donors (Lipinski definition) is 2. The number of aromatic nitrogens is 2. The van der Waals surface area contributed by atoms with E-state index in [-0.39, 0.29) is 5.69 Å². The predicted molar refractivity (Wildman–Crippen MR) is 125 cm³/mol. The van der Waals surface area contributed by atoms with Gasteiger partial charge in [0.15, 0.2) is 6.04 Å². The molecule has 2 aromatic carbocycles. The summed E-state index contributed by atoms with van der Waals surface area (Å²) in [4.78, 5) is 18.1. The first-order valence-corrected chi connectivity index (χ1v) is 11.2. The number of amides is 1. The minimum absolute atomic E-state index is 0.215. The zero-order chi connectivity index (χ0) is 25.2. The van der Waals surface area contributed by atoms with Gasteiger partial charge in [-0.2, -0.15) is 18.3 Å². The average molecular weight is 504 g/mol. The number of quaternary nitrogens is 1. The molecule has 1 aromatic heterocycles. The van der Waals surface area contributed by atoms with Crippen molar-refractivity contribution in [2.75, 3.05) is 11.4 Å². The number of aryl methyl sites for hydroxylation is 2. The third kappa shape index (κ3) is 5.77. The summed E-state index contributed by atoms with van der Waals surface area (Å²) < 4.78 is 41.8. The molecule has 2 heterocycles. The maximum absolute atomic E-state index is 13.3. The van der Waals surface area contributed by atoms with Gasteiger partial charge < -0.3 is 9.88 Å². The Morgan fingerprint density at radius 1 is 1.29 bits per heavy atom. The van der Waals surface area contributed by atoms with Crippen LogP contribution in [0.1, 0.15) is 23.2 Å². The number of anilines is 1. The van der Waals surface area contributed by atoms with E-state index in [1.54, 1.807) is 24.5 Å². The minimum atomic E-state index is -4.56. The summed E-state index contributed by atoms with van der Waals surface area (Å²) in [6.45, 7) is 0.498. The zero-order valence-corrected chi connectivity index (χ0v) is 19.5. The molecule has 0 saturated carbocycles. The summed E-state index contributed by atoms with van der Waals surface area (Å²) in [7, 11) is 0. The highest BCUT2D eigenvalue weighted by molar-refractivity contribution is 6.30. The Morgan fingerprint density at radius 3 is 2.66 bits per heavy atom. The van der Waals surface area contributed by atoms with Crippen LogP contribution in [-0.2, 0) is 11.2 Å². The Bertz CT molecular complexity index is 1270. The van der Waals surface area contributed by atoms with Crippen molar-refractivity contribution in [1.29, 1.82) is 5.53 Å². The fraction of sp³-hybridized carbons (Fsp3) is 0.250. The summed E-state index contributed by atoms with van der Waals surface area (Å²) in [5.74, 6) is -0.658. The minimum Gasteiger partial charge on any atom is -0.308 e. The SMILES string of the molecule is Cc1cn(-c2ccc(/C(=C/[NH2+][C@H]3CCc4cc(Cl)ccc4N(CC(F)(F)F)C3=O)N=N)cc2)cn1. The lowest BCUT2D eigenvalue weighted by Crippen LogP contribution is -2.88. The van der Waals surface area contributed by atoms with Gasteiger partial charge in [0, 0.05) is 34.6 Å². The lowest BCUT2D eigenvalue weighted by atomic mass is 10.1. The van der Waals surface area contributed by atoms with Crippen LogP contribution in [0.5, 0.6) is 0 Å². The molecule has 4 rings (SSSR count). The molecule has 3 aromatic rings. The number of nitrogens with zero attached hydrogens (tertiary/aromatic N) is 4. The standard InChI is InChI=1S/C24H22ClF3N6O/c1-15-12-33(14-31-15)19-6-2-16(3-7-19)21(32-29)11-30-20-8-4-17-10-18(25)5-9-22(17)34(23(20)35)13-24(26,27)28/h2-3,5-7,9-12,14,20,29-30H,4,8,13H2,1H3/p+1/b21-11-,32-29?/t20-/m0/s1. The number of nitrogens with two attached hydrogens (primary N) is 1. The third-order valence-corrected chi connectivity index (χ3v) is 5.99. The molecule has 0 saturated heterocycles. The summed E-state index contributed by atoms with van der Waals surface area (Å²) in [5.41, 5.74) is 11.1. The number of carbonyl (C=O) groups excluding carboxylic acids is 1. The monoisotopic (exact) mass is 503 g/mol. The fourth-order valence-electron chi connectivity index (χ4n) is 4.06. The molecule has 0 radical (unpaired) electrons. The van der Waals surface area contributed by atoms with Gasteiger partial charge in [-0.25, -0.2) is 10.5 Å². The molecule has 3 N–H and O–H groups in total. The first kappa shape index (κ1) is 24.6. The second-order valence-electron chi connectivity index (χ2n) is 8.28. The van der Waals surface area contributed by atoms with Gasteiger partial charge in [-0.1, -0.05) is 23.7 Å². The zero-order valence-electron chi connectivity index (χ0n) is 18.8. The lowest BCUT2D eigenvalue weighted by molar-refractivity contribution is -0.612. The van der Waals surface area contributed by atoms with E-state index in [2.05, 4.69) is 10.1 Å². The van der Waals surface area contributed by atoms with Gasteiger partial charge in [-0.3, -0.25) is 9.69 Å². The maximum atomic E-state index is 13.3. The van der Waals surface area contributed by atoms with Crippen LogP contribution in [-0.4, -0.2) is 34.2 Å². The Hall–Kier alpha value is -3.50. The molecule has 0 spiro atoms. The normalized spacial score (nSPS) is 16.7. The Kier molecular flexibility index (Phi) is 7.04. The molecular formula is C24H23ClF3N6O+. The van der Waals surface area contributed by atoms with Gasteiger partial charge >= 0.3 is 6.18 Å². The second-order valence-corrected chi connectivity index (χ2v) is 8.72. The van der Waals surface area contributed by atoms with Crippen molar-refractivity contribution in [2.45, 2.75) is 32.0 Å². The van der Waals surface area contributed by atoms with Gasteiger partial charge in [0.1, 0.15) is 18.4 Å². The van der Waals surface area contributed by atoms with Gasteiger partial charge in [0.05, 0.1) is 12.0 Å². The van der Waals surface area contributed by atoms with E-state index in [9.17, 15) is 18.0 Å². The van der Waals surface area contributed by atoms with Gasteiger partial charge in [0.25, 0.3) is 5.91 Å². The van der Waals surface area contributed by atoms with Crippen molar-refractivity contribution in [3.05, 3.63) is 83.0 Å². The van der Waals surface area contributed by atoms with Crippen LogP contribution in [0.2, 0.25) is 5.02 Å². The first-order chi connectivity index (χ1) is 16.6. The molecule has 0 bridgehead atoms. The number of fused-ring (bicyclic) bond motifs is 1. The quantitative estimate of drug-likeness (QED) is 0.480. The van der Waals surface area contributed by atoms with Crippen LogP contribution in [0.15, 0.2) is 66.3 Å². The van der Waals surface area contributed by atoms with E-state index < -0.39 is 24.7 Å². The number of rotatable bonds is 6. The van der Waals surface area contributed by atoms with Crippen LogP contribution in [0.3, 0.4) is 0 Å². The first-order valence-electron chi connectivity index (χ1n) is 10.8. The van der Waals surface area contributed by atoms with Crippen molar-refractivity contribution in [3.8, 4) is 5.69 Å². The number of alkyl halides is 3. The molecule has 1 aliphatic heterocycles. The highest BCUT2D eigenvalue weighted by atomic mass is 35.5. The number of halogens is 4. The van der Waals surface area contributed by atoms with Crippen molar-refractivity contribution < 1.29 is 23.3 Å². The van der Waals surface area contributed by atoms with Crippen molar-refractivity contribution in [1.82, 2.24) is 9.55 Å². The number of carbonyl (C=O) groups is 1. The van der Waals surface area contributed by atoms with E-state index in [1.165, 1.54) is 23.6 Å². The fourth-order valence-corrected chi connectivity index (χ4v) is 4.26. The molecule has 1 aliphatic rings. The molecule has 1 amide bonds. The molecule has 0 fully saturated rings. The Morgan fingerprint density at radius 2 is 2.03 bits per heavy atom. The summed E-state index contributed by atoms with van der Waals surface area (Å²) >= 11 is 6.04. The van der Waals surface area contributed by atoms with E-state index >= 15 is 0 Å². The van der Waals surface area contributed by atoms with Crippen molar-refractivity contribution in [2.24, 2.45) is 5.11 Å². The molecule has 0 aliphatic carbocycles. The average Bonchev–Trinajstić information content (AvgIpc) is 3.21. The summed E-state index contributed by atoms with van der Waals surface area (Å²) in [6, 6.07) is 11.0. The number of imidazole rings is 1. The van der Waals surface area contributed by atoms with Gasteiger partial charge in [0.2, 0.25) is 0 Å². The molecule has 11 heteroatoms. The Labute approximate surface area is 204 Å². The van der Waals surface area contributed by atoms with Crippen LogP contribution >= 0.6 is 11.6 Å². The second kappa shape index (κ2) is 10.0. The van der Waals surface area contributed by atoms with Crippen molar-refractivity contribution >= 4 is 28.9 Å². The molecule has 35 heavy (non-hydrogen) atoms. The van der Waals surface area contributed by atoms with Crippen LogP contribution in [0, 0.1) is 12.5 Å². The topological polar surface area (TPSA) is 91.0 Å². The van der Waals surface area contributed by atoms with E-state index in [0.717, 1.165) is 16.3 Å². The number of nitrogens with one attached hydrogen (secondary N) is 1. The van der Waals surface area contributed by atoms with Crippen molar-refractivity contribution in [3.63, 3.8) is 0 Å². The highest BCUT2D eigenvalue weighted by Crippen LogP contribution is 2.31. The highest BCUT2D eigenvalue weighted by Gasteiger charge is 2.39. The summed E-state index contributed by atoms with van der Waals surface area (Å²) in [5, 5.41) is 5.49. The molecule has 0 unspecified atom stereocenters. The summed E-state index contributed by atoms with van der Waals surface area (Å²) in [6.07, 6.45) is 1.22. The molecule has 7 nitrogen and oxygen atoms in total.